The maximum atomic E-state index is 5.44. The van der Waals surface area contributed by atoms with Gasteiger partial charge in [-0.2, -0.15) is 4.98 Å². The van der Waals surface area contributed by atoms with Crippen LogP contribution in [0, 0.1) is 6.92 Å². The Morgan fingerprint density at radius 2 is 1.78 bits per heavy atom. The van der Waals surface area contributed by atoms with Gasteiger partial charge in [-0.05, 0) is 50.4 Å². The maximum Gasteiger partial charge on any atom is 0.278 e. The van der Waals surface area contributed by atoms with Crippen LogP contribution in [-0.2, 0) is 0 Å². The van der Waals surface area contributed by atoms with E-state index in [1.165, 1.54) is 26.2 Å². The fourth-order valence-electron chi connectivity index (χ4n) is 4.09. The molecule has 0 amide bonds. The van der Waals surface area contributed by atoms with E-state index < -0.39 is 0 Å². The monoisotopic (exact) mass is 370 g/mol. The first-order valence-corrected chi connectivity index (χ1v) is 10.1. The van der Waals surface area contributed by atoms with Gasteiger partial charge in [0.25, 0.3) is 11.8 Å². The first-order chi connectivity index (χ1) is 13.1. The number of pyridine rings is 1. The molecule has 0 aromatic carbocycles. The predicted molar refractivity (Wildman–Crippen MR) is 106 cm³/mol. The second-order valence-corrected chi connectivity index (χ2v) is 8.00. The third-order valence-corrected chi connectivity index (χ3v) is 5.89. The van der Waals surface area contributed by atoms with E-state index in [9.17, 15) is 0 Å². The molecule has 4 heterocycles. The number of aryl methyl sites for hydroxylation is 1. The first kappa shape index (κ1) is 18.4. The number of hydrogen-bond donors (Lipinski definition) is 0. The molecule has 0 saturated carbocycles. The molecule has 0 radical (unpaired) electrons. The molecule has 2 aliphatic rings. The SMILES string of the molecule is Cc1ccc(-c2nc(N3CCC(N4CCN(C(C)C)CC4)CC3)no2)nc1. The Morgan fingerprint density at radius 1 is 1.04 bits per heavy atom. The molecule has 4 rings (SSSR count). The molecule has 2 aliphatic heterocycles. The zero-order chi connectivity index (χ0) is 18.8. The number of hydrogen-bond acceptors (Lipinski definition) is 7. The van der Waals surface area contributed by atoms with Crippen molar-refractivity contribution in [3.05, 3.63) is 23.9 Å². The van der Waals surface area contributed by atoms with Crippen molar-refractivity contribution in [2.24, 2.45) is 0 Å². The van der Waals surface area contributed by atoms with Crippen molar-refractivity contribution < 1.29 is 4.52 Å². The standard InChI is InChI=1S/C20H30N6O/c1-15(2)24-10-12-25(13-11-24)17-6-8-26(9-7-17)20-22-19(27-23-20)18-5-4-16(3)14-21-18/h4-5,14-15,17H,6-13H2,1-3H3. The van der Waals surface area contributed by atoms with Crippen LogP contribution in [0.4, 0.5) is 5.95 Å². The zero-order valence-electron chi connectivity index (χ0n) is 16.6. The molecule has 0 atom stereocenters. The number of anilines is 1. The highest BCUT2D eigenvalue weighted by Gasteiger charge is 2.29. The van der Waals surface area contributed by atoms with Crippen molar-refractivity contribution in [3.63, 3.8) is 0 Å². The molecule has 0 N–H and O–H groups in total. The summed E-state index contributed by atoms with van der Waals surface area (Å²) in [5, 5.41) is 4.19. The Labute approximate surface area is 161 Å². The molecule has 2 aromatic heterocycles. The molecular weight excluding hydrogens is 340 g/mol. The molecule has 7 heteroatoms. The van der Waals surface area contributed by atoms with Crippen LogP contribution in [0.5, 0.6) is 0 Å². The van der Waals surface area contributed by atoms with Crippen LogP contribution in [0.25, 0.3) is 11.6 Å². The van der Waals surface area contributed by atoms with Gasteiger partial charge >= 0.3 is 0 Å². The molecular formula is C20H30N6O. The lowest BCUT2D eigenvalue weighted by Gasteiger charge is -2.43. The van der Waals surface area contributed by atoms with Crippen molar-refractivity contribution in [2.75, 3.05) is 44.2 Å². The number of aromatic nitrogens is 3. The van der Waals surface area contributed by atoms with Crippen molar-refractivity contribution in [3.8, 4) is 11.6 Å². The van der Waals surface area contributed by atoms with E-state index in [0.717, 1.165) is 37.2 Å². The van der Waals surface area contributed by atoms with Gasteiger partial charge in [-0.15, -0.1) is 0 Å². The summed E-state index contributed by atoms with van der Waals surface area (Å²) in [5.74, 6) is 1.19. The zero-order valence-corrected chi connectivity index (χ0v) is 16.6. The number of piperazine rings is 1. The largest absolute Gasteiger partial charge is 0.338 e. The van der Waals surface area contributed by atoms with Crippen molar-refractivity contribution in [2.45, 2.75) is 45.7 Å². The lowest BCUT2D eigenvalue weighted by atomic mass is 10.0. The van der Waals surface area contributed by atoms with Crippen LogP contribution < -0.4 is 4.90 Å². The van der Waals surface area contributed by atoms with Gasteiger partial charge in [0, 0.05) is 57.5 Å². The lowest BCUT2D eigenvalue weighted by molar-refractivity contribution is 0.0691. The highest BCUT2D eigenvalue weighted by Crippen LogP contribution is 2.24. The number of rotatable bonds is 4. The summed E-state index contributed by atoms with van der Waals surface area (Å²) in [6, 6.07) is 5.28. The van der Waals surface area contributed by atoms with Gasteiger partial charge in [0.05, 0.1) is 0 Å². The summed E-state index contributed by atoms with van der Waals surface area (Å²) in [6.45, 7) is 13.3. The Morgan fingerprint density at radius 3 is 2.41 bits per heavy atom. The second kappa shape index (κ2) is 7.94. The summed E-state index contributed by atoms with van der Waals surface area (Å²) < 4.78 is 5.44. The van der Waals surface area contributed by atoms with E-state index in [-0.39, 0.29) is 0 Å². The van der Waals surface area contributed by atoms with Crippen molar-refractivity contribution >= 4 is 5.95 Å². The smallest absolute Gasteiger partial charge is 0.278 e. The molecule has 0 bridgehead atoms. The van der Waals surface area contributed by atoms with E-state index in [1.807, 2.05) is 25.3 Å². The molecule has 2 saturated heterocycles. The summed E-state index contributed by atoms with van der Waals surface area (Å²) in [4.78, 5) is 16.4. The van der Waals surface area contributed by atoms with Gasteiger partial charge < -0.3 is 9.42 Å². The van der Waals surface area contributed by atoms with E-state index >= 15 is 0 Å². The van der Waals surface area contributed by atoms with Crippen LogP contribution in [0.2, 0.25) is 0 Å². The van der Waals surface area contributed by atoms with Crippen LogP contribution in [0.3, 0.4) is 0 Å². The van der Waals surface area contributed by atoms with E-state index in [1.54, 1.807) is 0 Å². The van der Waals surface area contributed by atoms with Gasteiger partial charge in [0.15, 0.2) is 0 Å². The van der Waals surface area contributed by atoms with Gasteiger partial charge in [0.2, 0.25) is 0 Å². The minimum absolute atomic E-state index is 0.497. The Kier molecular flexibility index (Phi) is 5.41. The molecule has 0 spiro atoms. The average Bonchev–Trinajstić information content (AvgIpc) is 3.19. The lowest BCUT2D eigenvalue weighted by Crippen LogP contribution is -2.54. The van der Waals surface area contributed by atoms with Crippen molar-refractivity contribution in [1.82, 2.24) is 24.9 Å². The van der Waals surface area contributed by atoms with Gasteiger partial charge in [0.1, 0.15) is 5.69 Å². The van der Waals surface area contributed by atoms with Crippen LogP contribution in [0.15, 0.2) is 22.9 Å². The summed E-state index contributed by atoms with van der Waals surface area (Å²) in [5.41, 5.74) is 1.85. The molecule has 146 valence electrons. The summed E-state index contributed by atoms with van der Waals surface area (Å²) in [7, 11) is 0. The maximum absolute atomic E-state index is 5.44. The number of nitrogens with zero attached hydrogens (tertiary/aromatic N) is 6. The Hall–Kier alpha value is -1.99. The third kappa shape index (κ3) is 4.14. The number of piperidine rings is 1. The normalized spacial score (nSPS) is 20.5. The summed E-state index contributed by atoms with van der Waals surface area (Å²) >= 11 is 0. The molecule has 2 aromatic rings. The molecule has 2 fully saturated rings. The average molecular weight is 371 g/mol. The summed E-state index contributed by atoms with van der Waals surface area (Å²) in [6.07, 6.45) is 4.15. The quantitative estimate of drug-likeness (QED) is 0.819. The van der Waals surface area contributed by atoms with Crippen LogP contribution in [0.1, 0.15) is 32.3 Å². The topological polar surface area (TPSA) is 61.5 Å². The minimum atomic E-state index is 0.497. The van der Waals surface area contributed by atoms with Crippen LogP contribution in [-0.4, -0.2) is 76.3 Å². The molecule has 27 heavy (non-hydrogen) atoms. The van der Waals surface area contributed by atoms with E-state index in [0.29, 0.717) is 23.9 Å². The van der Waals surface area contributed by atoms with Gasteiger partial charge in [-0.1, -0.05) is 6.07 Å². The predicted octanol–water partition coefficient (Wildman–Crippen LogP) is 2.43. The van der Waals surface area contributed by atoms with E-state index in [2.05, 4.69) is 43.7 Å². The highest BCUT2D eigenvalue weighted by atomic mass is 16.5. The van der Waals surface area contributed by atoms with Gasteiger partial charge in [-0.25, -0.2) is 0 Å². The minimum Gasteiger partial charge on any atom is -0.338 e. The van der Waals surface area contributed by atoms with Crippen molar-refractivity contribution in [1.29, 1.82) is 0 Å². The fraction of sp³-hybridized carbons (Fsp3) is 0.650. The highest BCUT2D eigenvalue weighted by molar-refractivity contribution is 5.49. The first-order valence-electron chi connectivity index (χ1n) is 10.1. The Balaban J connectivity index is 1.31. The Bertz CT molecular complexity index is 727. The third-order valence-electron chi connectivity index (χ3n) is 5.89. The molecule has 7 nitrogen and oxygen atoms in total. The van der Waals surface area contributed by atoms with Gasteiger partial charge in [-0.3, -0.25) is 14.8 Å². The molecule has 0 aliphatic carbocycles. The second-order valence-electron chi connectivity index (χ2n) is 8.00. The molecule has 0 unspecified atom stereocenters. The fourth-order valence-corrected chi connectivity index (χ4v) is 4.09. The van der Waals surface area contributed by atoms with E-state index in [4.69, 9.17) is 4.52 Å². The van der Waals surface area contributed by atoms with Crippen LogP contribution >= 0.6 is 0 Å².